The highest BCUT2D eigenvalue weighted by molar-refractivity contribution is 6.30. The monoisotopic (exact) mass is 533 g/mol. The molecule has 6 atom stereocenters. The molecule has 3 aromatic rings. The van der Waals surface area contributed by atoms with Gasteiger partial charge >= 0.3 is 0 Å². The van der Waals surface area contributed by atoms with Gasteiger partial charge in [0.15, 0.2) is 0 Å². The first-order valence-electron chi connectivity index (χ1n) is 13.7. The molecule has 3 aliphatic carbocycles. The largest absolute Gasteiger partial charge is 0.374 e. The van der Waals surface area contributed by atoms with E-state index in [1.807, 2.05) is 12.3 Å². The summed E-state index contributed by atoms with van der Waals surface area (Å²) in [5.74, 6) is 2.37. The van der Waals surface area contributed by atoms with Crippen LogP contribution in [0.4, 0.5) is 5.82 Å². The molecule has 6 rings (SSSR count). The van der Waals surface area contributed by atoms with Crippen molar-refractivity contribution in [2.45, 2.75) is 68.9 Å². The Hall–Kier alpha value is -2.74. The standard InChI is InChI=1S/C30H36ClN5O2/c1-30-13-12-21-20-8-6-19(31)14-17(20)4-7-22(21)27(30)23(24-16-33-35-28(24)30)9-11-26(37)34-25-10-5-18(15-32-25)29(38)36(2)3/h5-6,8,10,14-16,21-23,27,29,38H,4,7,9,11-13H2,1-3H3,(H,33,35)(H,32,34,37)/t21?,22?,23-,27?,29?,30+/m1/s1. The quantitative estimate of drug-likeness (QED) is 0.362. The number of aromatic amines is 1. The Bertz CT molecular complexity index is 1340. The third-order valence-corrected chi connectivity index (χ3v) is 9.77. The molecule has 8 heteroatoms. The van der Waals surface area contributed by atoms with Crippen molar-refractivity contribution in [1.82, 2.24) is 20.1 Å². The normalized spacial score (nSPS) is 28.3. The smallest absolute Gasteiger partial charge is 0.225 e. The average molecular weight is 534 g/mol. The Balaban J connectivity index is 1.19. The fourth-order valence-electron chi connectivity index (χ4n) is 7.82. The van der Waals surface area contributed by atoms with E-state index in [0.29, 0.717) is 41.5 Å². The summed E-state index contributed by atoms with van der Waals surface area (Å²) in [5.41, 5.74) is 6.22. The van der Waals surface area contributed by atoms with Gasteiger partial charge in [-0.15, -0.1) is 0 Å². The van der Waals surface area contributed by atoms with E-state index in [1.54, 1.807) is 37.3 Å². The second kappa shape index (κ2) is 9.78. The van der Waals surface area contributed by atoms with Crippen LogP contribution in [0.2, 0.25) is 5.02 Å². The number of carbonyl (C=O) groups excluding carboxylic acids is 1. The molecule has 1 fully saturated rings. The summed E-state index contributed by atoms with van der Waals surface area (Å²) in [5, 5.41) is 21.8. The van der Waals surface area contributed by atoms with Crippen LogP contribution in [0.3, 0.4) is 0 Å². The molecule has 0 bridgehead atoms. The first-order chi connectivity index (χ1) is 18.3. The number of carbonyl (C=O) groups is 1. The highest BCUT2D eigenvalue weighted by atomic mass is 35.5. The SMILES string of the molecule is CN(C)C(O)c1ccc(NC(=O)CC[C@@H]2c3cn[nH]c3[C@@]3(C)CCC4c5ccc(Cl)cc5CCC4C23)nc1. The fraction of sp³-hybridized carbons (Fsp3) is 0.500. The number of amides is 1. The molecule has 7 nitrogen and oxygen atoms in total. The van der Waals surface area contributed by atoms with Gasteiger partial charge in [0.1, 0.15) is 12.0 Å². The number of anilines is 1. The summed E-state index contributed by atoms with van der Waals surface area (Å²) in [4.78, 5) is 19.1. The lowest BCUT2D eigenvalue weighted by Crippen LogP contribution is -2.44. The number of aryl methyl sites for hydroxylation is 1. The topological polar surface area (TPSA) is 94.1 Å². The third-order valence-electron chi connectivity index (χ3n) is 9.54. The van der Waals surface area contributed by atoms with Crippen molar-refractivity contribution in [2.75, 3.05) is 19.4 Å². The van der Waals surface area contributed by atoms with Crippen LogP contribution >= 0.6 is 11.6 Å². The maximum absolute atomic E-state index is 13.0. The van der Waals surface area contributed by atoms with Crippen LogP contribution in [0.15, 0.2) is 42.7 Å². The zero-order valence-electron chi connectivity index (χ0n) is 22.2. The van der Waals surface area contributed by atoms with Gasteiger partial charge in [-0.1, -0.05) is 24.6 Å². The molecule has 4 unspecified atom stereocenters. The van der Waals surface area contributed by atoms with E-state index < -0.39 is 6.23 Å². The van der Waals surface area contributed by atoms with Crippen LogP contribution in [-0.4, -0.2) is 45.2 Å². The van der Waals surface area contributed by atoms with Crippen LogP contribution in [0.1, 0.15) is 85.0 Å². The molecule has 0 radical (unpaired) electrons. The zero-order chi connectivity index (χ0) is 26.6. The minimum absolute atomic E-state index is 0.0342. The van der Waals surface area contributed by atoms with Gasteiger partial charge in [0.05, 0.1) is 6.20 Å². The summed E-state index contributed by atoms with van der Waals surface area (Å²) in [6, 6.07) is 10.0. The van der Waals surface area contributed by atoms with Gasteiger partial charge in [0, 0.05) is 34.3 Å². The van der Waals surface area contributed by atoms with Gasteiger partial charge in [0.2, 0.25) is 5.91 Å². The number of rotatable bonds is 6. The van der Waals surface area contributed by atoms with Gasteiger partial charge in [0.25, 0.3) is 0 Å². The van der Waals surface area contributed by atoms with Crippen molar-refractivity contribution >= 4 is 23.3 Å². The number of pyridine rings is 1. The molecule has 38 heavy (non-hydrogen) atoms. The molecule has 0 aliphatic heterocycles. The molecule has 2 heterocycles. The number of aromatic nitrogens is 3. The number of fused-ring (bicyclic) bond motifs is 7. The van der Waals surface area contributed by atoms with Crippen LogP contribution in [0, 0.1) is 11.8 Å². The summed E-state index contributed by atoms with van der Waals surface area (Å²) >= 11 is 6.33. The van der Waals surface area contributed by atoms with E-state index in [0.717, 1.165) is 30.7 Å². The molecule has 0 spiro atoms. The number of hydrogen-bond donors (Lipinski definition) is 3. The Kier molecular flexibility index (Phi) is 6.57. The van der Waals surface area contributed by atoms with E-state index in [4.69, 9.17) is 11.6 Å². The van der Waals surface area contributed by atoms with Gasteiger partial charge in [-0.3, -0.25) is 14.8 Å². The molecular weight excluding hydrogens is 498 g/mol. The predicted molar refractivity (Wildman–Crippen MR) is 148 cm³/mol. The summed E-state index contributed by atoms with van der Waals surface area (Å²) < 4.78 is 0. The average Bonchev–Trinajstić information content (AvgIpc) is 3.48. The second-order valence-corrected chi connectivity index (χ2v) is 12.3. The number of aliphatic hydroxyl groups excluding tert-OH is 1. The van der Waals surface area contributed by atoms with Crippen molar-refractivity contribution in [3.8, 4) is 0 Å². The van der Waals surface area contributed by atoms with E-state index in [2.05, 4.69) is 39.6 Å². The van der Waals surface area contributed by atoms with Crippen LogP contribution in [0.5, 0.6) is 0 Å². The number of aliphatic hydroxyl groups is 1. The molecule has 0 saturated heterocycles. The number of hydrogen-bond acceptors (Lipinski definition) is 5. The first kappa shape index (κ1) is 25.5. The van der Waals surface area contributed by atoms with E-state index in [1.165, 1.54) is 28.8 Å². The van der Waals surface area contributed by atoms with Gasteiger partial charge in [-0.05, 0) is 111 Å². The van der Waals surface area contributed by atoms with Gasteiger partial charge in [-0.2, -0.15) is 5.10 Å². The Morgan fingerprint density at radius 3 is 2.84 bits per heavy atom. The van der Waals surface area contributed by atoms with Crippen molar-refractivity contribution in [1.29, 1.82) is 0 Å². The highest BCUT2D eigenvalue weighted by Gasteiger charge is 2.57. The summed E-state index contributed by atoms with van der Waals surface area (Å²) in [6.07, 6.45) is 8.61. The number of nitrogens with one attached hydrogen (secondary N) is 2. The zero-order valence-corrected chi connectivity index (χ0v) is 23.0. The van der Waals surface area contributed by atoms with Gasteiger partial charge in [-0.25, -0.2) is 4.98 Å². The van der Waals surface area contributed by atoms with Crippen molar-refractivity contribution < 1.29 is 9.90 Å². The Labute approximate surface area is 229 Å². The predicted octanol–water partition coefficient (Wildman–Crippen LogP) is 5.54. The van der Waals surface area contributed by atoms with Crippen molar-refractivity contribution in [3.63, 3.8) is 0 Å². The Morgan fingerprint density at radius 2 is 2.08 bits per heavy atom. The molecule has 2 aromatic heterocycles. The molecule has 3 N–H and O–H groups in total. The highest BCUT2D eigenvalue weighted by Crippen LogP contribution is 2.64. The number of H-pyrrole nitrogens is 1. The maximum Gasteiger partial charge on any atom is 0.225 e. The lowest BCUT2D eigenvalue weighted by molar-refractivity contribution is -0.116. The lowest BCUT2D eigenvalue weighted by atomic mass is 9.53. The van der Waals surface area contributed by atoms with Crippen LogP contribution in [0.25, 0.3) is 0 Å². The summed E-state index contributed by atoms with van der Waals surface area (Å²) in [6.45, 7) is 2.41. The minimum Gasteiger partial charge on any atom is -0.374 e. The number of benzene rings is 1. The third kappa shape index (κ3) is 4.25. The van der Waals surface area contributed by atoms with Crippen molar-refractivity contribution in [3.05, 3.63) is 75.7 Å². The van der Waals surface area contributed by atoms with Crippen LogP contribution in [-0.2, 0) is 16.6 Å². The molecular formula is C30H36ClN5O2. The second-order valence-electron chi connectivity index (χ2n) is 11.8. The Morgan fingerprint density at radius 1 is 1.24 bits per heavy atom. The maximum atomic E-state index is 13.0. The molecule has 1 aromatic carbocycles. The molecule has 1 saturated carbocycles. The lowest BCUT2D eigenvalue weighted by Gasteiger charge is -2.50. The molecule has 1 amide bonds. The summed E-state index contributed by atoms with van der Waals surface area (Å²) in [7, 11) is 3.60. The van der Waals surface area contributed by atoms with Gasteiger partial charge < -0.3 is 10.4 Å². The van der Waals surface area contributed by atoms with Crippen molar-refractivity contribution in [2.24, 2.45) is 11.8 Å². The molecule has 3 aliphatic rings. The van der Waals surface area contributed by atoms with E-state index in [-0.39, 0.29) is 11.3 Å². The number of nitrogens with zero attached hydrogens (tertiary/aromatic N) is 3. The number of halogens is 1. The minimum atomic E-state index is -0.726. The van der Waals surface area contributed by atoms with E-state index in [9.17, 15) is 9.90 Å². The molecule has 200 valence electrons. The first-order valence-corrected chi connectivity index (χ1v) is 14.1. The van der Waals surface area contributed by atoms with E-state index >= 15 is 0 Å². The fourth-order valence-corrected chi connectivity index (χ4v) is 8.01. The van der Waals surface area contributed by atoms with Crippen LogP contribution < -0.4 is 5.32 Å².